The fourth-order valence-electron chi connectivity index (χ4n) is 2.49. The lowest BCUT2D eigenvalue weighted by Crippen LogP contribution is -2.43. The van der Waals surface area contributed by atoms with E-state index in [9.17, 15) is 9.59 Å². The first-order chi connectivity index (χ1) is 10.1. The Hall–Kier alpha value is -1.98. The average molecular weight is 291 g/mol. The lowest BCUT2D eigenvalue weighted by Gasteiger charge is -2.34. The van der Waals surface area contributed by atoms with Gasteiger partial charge in [0.25, 0.3) is 5.91 Å². The quantitative estimate of drug-likeness (QED) is 0.804. The maximum absolute atomic E-state index is 12.2. The number of unbranched alkanes of at least 4 members (excludes halogenated alkanes) is 1. The van der Waals surface area contributed by atoms with Gasteiger partial charge in [-0.2, -0.15) is 0 Å². The van der Waals surface area contributed by atoms with Crippen LogP contribution in [0, 0.1) is 5.92 Å². The van der Waals surface area contributed by atoms with Crippen LogP contribution < -0.4 is 5.32 Å². The number of aromatic nitrogens is 2. The van der Waals surface area contributed by atoms with Crippen molar-refractivity contribution in [3.63, 3.8) is 0 Å². The number of carbonyl (C=O) groups excluding carboxylic acids is 1. The van der Waals surface area contributed by atoms with Crippen LogP contribution in [0.25, 0.3) is 0 Å². The molecule has 6 heteroatoms. The zero-order valence-corrected chi connectivity index (χ0v) is 12.2. The number of carboxylic acids is 1. The molecule has 1 unspecified atom stereocenters. The van der Waals surface area contributed by atoms with Gasteiger partial charge in [-0.25, -0.2) is 14.8 Å². The summed E-state index contributed by atoms with van der Waals surface area (Å²) in [6, 6.07) is 0.187. The van der Waals surface area contributed by atoms with Gasteiger partial charge in [0.05, 0.1) is 12.4 Å². The first kappa shape index (κ1) is 15.4. The largest absolute Gasteiger partial charge is 0.476 e. The summed E-state index contributed by atoms with van der Waals surface area (Å²) in [5, 5.41) is 11.8. The van der Waals surface area contributed by atoms with Gasteiger partial charge in [-0.3, -0.25) is 4.79 Å². The van der Waals surface area contributed by atoms with Crippen molar-refractivity contribution in [2.24, 2.45) is 5.92 Å². The van der Waals surface area contributed by atoms with Gasteiger partial charge in [-0.15, -0.1) is 0 Å². The van der Waals surface area contributed by atoms with Crippen LogP contribution in [-0.2, 0) is 0 Å². The van der Waals surface area contributed by atoms with E-state index in [0.29, 0.717) is 5.92 Å². The molecule has 1 aliphatic carbocycles. The highest BCUT2D eigenvalue weighted by Gasteiger charge is 2.28. The van der Waals surface area contributed by atoms with Gasteiger partial charge in [0.15, 0.2) is 5.69 Å². The predicted molar refractivity (Wildman–Crippen MR) is 77.1 cm³/mol. The Morgan fingerprint density at radius 1 is 1.33 bits per heavy atom. The van der Waals surface area contributed by atoms with Gasteiger partial charge in [-0.05, 0) is 25.2 Å². The molecule has 0 bridgehead atoms. The Morgan fingerprint density at radius 2 is 2.00 bits per heavy atom. The summed E-state index contributed by atoms with van der Waals surface area (Å²) in [7, 11) is 0. The van der Waals surface area contributed by atoms with Gasteiger partial charge in [0, 0.05) is 6.04 Å². The minimum Gasteiger partial charge on any atom is -0.476 e. The first-order valence-corrected chi connectivity index (χ1v) is 7.48. The number of amides is 1. The monoisotopic (exact) mass is 291 g/mol. The highest BCUT2D eigenvalue weighted by Crippen LogP contribution is 2.31. The van der Waals surface area contributed by atoms with E-state index in [0.717, 1.165) is 38.3 Å². The maximum atomic E-state index is 12.2. The van der Waals surface area contributed by atoms with Crippen molar-refractivity contribution in [1.29, 1.82) is 0 Å². The van der Waals surface area contributed by atoms with Gasteiger partial charge in [-0.1, -0.05) is 26.2 Å². The summed E-state index contributed by atoms with van der Waals surface area (Å²) in [6.07, 6.45) is 9.07. The van der Waals surface area contributed by atoms with Crippen molar-refractivity contribution in [1.82, 2.24) is 15.3 Å². The molecule has 0 spiro atoms. The van der Waals surface area contributed by atoms with Gasteiger partial charge in [0.2, 0.25) is 0 Å². The Balaban J connectivity index is 1.98. The fraction of sp³-hybridized carbons (Fsp3) is 0.600. The Labute approximate surface area is 124 Å². The summed E-state index contributed by atoms with van der Waals surface area (Å²) in [6.45, 7) is 2.13. The van der Waals surface area contributed by atoms with Gasteiger partial charge < -0.3 is 10.4 Å². The van der Waals surface area contributed by atoms with E-state index < -0.39 is 5.97 Å². The molecule has 0 radical (unpaired) electrons. The van der Waals surface area contributed by atoms with Crippen LogP contribution in [-0.4, -0.2) is 33.0 Å². The highest BCUT2D eigenvalue weighted by atomic mass is 16.4. The van der Waals surface area contributed by atoms with Crippen molar-refractivity contribution in [2.75, 3.05) is 0 Å². The second kappa shape index (κ2) is 7.15. The van der Waals surface area contributed by atoms with Crippen LogP contribution >= 0.6 is 0 Å². The van der Waals surface area contributed by atoms with Gasteiger partial charge in [0.1, 0.15) is 5.69 Å². The zero-order valence-electron chi connectivity index (χ0n) is 12.2. The topological polar surface area (TPSA) is 92.2 Å². The summed E-state index contributed by atoms with van der Waals surface area (Å²) in [5.74, 6) is -0.857. The van der Waals surface area contributed by atoms with E-state index in [1.165, 1.54) is 12.6 Å². The molecule has 0 aliphatic heterocycles. The van der Waals surface area contributed by atoms with E-state index in [-0.39, 0.29) is 23.3 Å². The molecule has 1 aromatic heterocycles. The fourth-order valence-corrected chi connectivity index (χ4v) is 2.49. The van der Waals surface area contributed by atoms with E-state index in [1.807, 2.05) is 0 Å². The molecule has 0 saturated heterocycles. The summed E-state index contributed by atoms with van der Waals surface area (Å²) in [4.78, 5) is 30.5. The molecule has 1 amide bonds. The molecule has 1 atom stereocenters. The normalized spacial score (nSPS) is 16.0. The minimum absolute atomic E-state index is 0.159. The van der Waals surface area contributed by atoms with Crippen LogP contribution in [0.1, 0.15) is 66.4 Å². The minimum atomic E-state index is -1.15. The third kappa shape index (κ3) is 4.00. The summed E-state index contributed by atoms with van der Waals surface area (Å²) in [5.41, 5.74) is 0.00824. The first-order valence-electron chi connectivity index (χ1n) is 7.48. The molecule has 1 heterocycles. The van der Waals surface area contributed by atoms with Crippen LogP contribution in [0.4, 0.5) is 0 Å². The number of rotatable bonds is 7. The molecule has 0 aromatic carbocycles. The number of nitrogens with zero attached hydrogens (tertiary/aromatic N) is 2. The Morgan fingerprint density at radius 3 is 2.48 bits per heavy atom. The number of carbonyl (C=O) groups is 2. The van der Waals surface area contributed by atoms with Crippen LogP contribution in [0.2, 0.25) is 0 Å². The smallest absolute Gasteiger partial charge is 0.356 e. The average Bonchev–Trinajstić information content (AvgIpc) is 2.42. The summed E-state index contributed by atoms with van der Waals surface area (Å²) < 4.78 is 0. The molecule has 1 aliphatic rings. The molecule has 1 saturated carbocycles. The molecule has 1 fully saturated rings. The van der Waals surface area contributed by atoms with Crippen LogP contribution in [0.15, 0.2) is 12.4 Å². The number of hydrogen-bond acceptors (Lipinski definition) is 4. The molecular formula is C15H21N3O3. The third-order valence-corrected chi connectivity index (χ3v) is 4.01. The molecule has 2 rings (SSSR count). The molecule has 114 valence electrons. The van der Waals surface area contributed by atoms with Crippen molar-refractivity contribution >= 4 is 11.9 Å². The lowest BCUT2D eigenvalue weighted by atomic mass is 9.78. The number of carboxylic acid groups (broad SMARTS) is 1. The van der Waals surface area contributed by atoms with Gasteiger partial charge >= 0.3 is 5.97 Å². The van der Waals surface area contributed by atoms with Crippen molar-refractivity contribution < 1.29 is 14.7 Å². The van der Waals surface area contributed by atoms with E-state index in [1.54, 1.807) is 0 Å². The Bertz CT molecular complexity index is 497. The highest BCUT2D eigenvalue weighted by molar-refractivity contribution is 5.92. The number of nitrogens with one attached hydrogen (secondary N) is 1. The predicted octanol–water partition coefficient (Wildman–Crippen LogP) is 2.26. The maximum Gasteiger partial charge on any atom is 0.356 e. The number of aromatic carboxylic acids is 1. The lowest BCUT2D eigenvalue weighted by molar-refractivity contribution is 0.0688. The van der Waals surface area contributed by atoms with E-state index in [2.05, 4.69) is 22.2 Å². The van der Waals surface area contributed by atoms with Crippen LogP contribution in [0.3, 0.4) is 0 Å². The standard InChI is InChI=1S/C15H21N3O3/c1-2-3-7-11(10-5-4-6-10)18-14(19)12-8-17-13(9-16-12)15(20)21/h8-11H,2-7H2,1H3,(H,18,19)(H,20,21). The van der Waals surface area contributed by atoms with E-state index >= 15 is 0 Å². The van der Waals surface area contributed by atoms with Crippen molar-refractivity contribution in [3.8, 4) is 0 Å². The molecule has 1 aromatic rings. The van der Waals surface area contributed by atoms with E-state index in [4.69, 9.17) is 5.11 Å². The van der Waals surface area contributed by atoms with Crippen molar-refractivity contribution in [2.45, 2.75) is 51.5 Å². The third-order valence-electron chi connectivity index (χ3n) is 4.01. The zero-order chi connectivity index (χ0) is 15.2. The molecule has 2 N–H and O–H groups in total. The van der Waals surface area contributed by atoms with Crippen LogP contribution in [0.5, 0.6) is 0 Å². The Kier molecular flexibility index (Phi) is 5.25. The molecule has 21 heavy (non-hydrogen) atoms. The SMILES string of the molecule is CCCCC(NC(=O)c1cnc(C(=O)O)cn1)C1CCC1. The second-order valence-corrected chi connectivity index (χ2v) is 5.51. The van der Waals surface area contributed by atoms with Crippen molar-refractivity contribution in [3.05, 3.63) is 23.8 Å². The second-order valence-electron chi connectivity index (χ2n) is 5.51. The summed E-state index contributed by atoms with van der Waals surface area (Å²) >= 11 is 0. The number of hydrogen-bond donors (Lipinski definition) is 2. The molecule has 6 nitrogen and oxygen atoms in total. The molecular weight excluding hydrogens is 270 g/mol.